The average molecular weight is 387 g/mol. The third kappa shape index (κ3) is 8.51. The Morgan fingerprint density at radius 3 is 1.70 bits per heavy atom. The third-order valence-electron chi connectivity index (χ3n) is 4.22. The molecule has 0 fully saturated rings. The van der Waals surface area contributed by atoms with Gasteiger partial charge >= 0.3 is 131 Å². The van der Waals surface area contributed by atoms with Gasteiger partial charge in [0.1, 0.15) is 0 Å². The molecule has 0 aromatic carbocycles. The van der Waals surface area contributed by atoms with Crippen molar-refractivity contribution >= 4 is 18.4 Å². The molecule has 1 unspecified atom stereocenters. The molecule has 1 nitrogen and oxygen atoms in total. The molecule has 0 aromatic rings. The van der Waals surface area contributed by atoms with Gasteiger partial charge in [-0.25, -0.2) is 0 Å². The van der Waals surface area contributed by atoms with Crippen LogP contribution in [0.4, 0.5) is 0 Å². The molecule has 0 rings (SSSR count). The van der Waals surface area contributed by atoms with E-state index in [0.29, 0.717) is 0 Å². The van der Waals surface area contributed by atoms with Crippen LogP contribution in [0.1, 0.15) is 66.2 Å². The van der Waals surface area contributed by atoms with E-state index in [1.165, 1.54) is 51.8 Å². The topological polar surface area (TPSA) is 20.2 Å². The van der Waals surface area contributed by atoms with Crippen LogP contribution >= 0.6 is 0 Å². The maximum absolute atomic E-state index is 10.0. The molecule has 0 aliphatic carbocycles. The fourth-order valence-corrected chi connectivity index (χ4v) is 17.0. The Labute approximate surface area is 131 Å². The SMILES string of the molecule is C=C(C)C(O)/C=[CH]/[Sn]([CH2]CCC)([CH2]CCC)[CH2]CCC. The van der Waals surface area contributed by atoms with E-state index in [1.807, 2.05) is 6.92 Å². The van der Waals surface area contributed by atoms with Gasteiger partial charge in [0.15, 0.2) is 0 Å². The van der Waals surface area contributed by atoms with E-state index in [-0.39, 0.29) is 0 Å². The summed E-state index contributed by atoms with van der Waals surface area (Å²) in [6.45, 7) is 12.7. The number of aliphatic hydroxyl groups excluding tert-OH is 1. The van der Waals surface area contributed by atoms with Gasteiger partial charge in [0.25, 0.3) is 0 Å². The van der Waals surface area contributed by atoms with Crippen LogP contribution in [0.15, 0.2) is 22.3 Å². The normalized spacial score (nSPS) is 13.8. The van der Waals surface area contributed by atoms with Crippen molar-refractivity contribution in [3.63, 3.8) is 0 Å². The van der Waals surface area contributed by atoms with Crippen molar-refractivity contribution in [1.29, 1.82) is 0 Å². The van der Waals surface area contributed by atoms with Gasteiger partial charge in [0, 0.05) is 0 Å². The summed E-state index contributed by atoms with van der Waals surface area (Å²) in [5.74, 6) is 0. The first kappa shape index (κ1) is 20.2. The summed E-state index contributed by atoms with van der Waals surface area (Å²) in [6.07, 6.45) is 9.65. The Bertz CT molecular complexity index is 261. The van der Waals surface area contributed by atoms with Gasteiger partial charge in [-0.1, -0.05) is 0 Å². The summed E-state index contributed by atoms with van der Waals surface area (Å²) < 4.78 is 6.91. The summed E-state index contributed by atoms with van der Waals surface area (Å²) in [6, 6.07) is 0. The molecule has 118 valence electrons. The van der Waals surface area contributed by atoms with Crippen molar-refractivity contribution in [2.45, 2.75) is 85.6 Å². The van der Waals surface area contributed by atoms with E-state index in [9.17, 15) is 5.11 Å². The maximum atomic E-state index is 10.0. The molecule has 0 heterocycles. The molecule has 0 radical (unpaired) electrons. The van der Waals surface area contributed by atoms with E-state index in [0.717, 1.165) is 5.57 Å². The van der Waals surface area contributed by atoms with Crippen LogP contribution in [0.3, 0.4) is 0 Å². The average Bonchev–Trinajstić information content (AvgIpc) is 2.45. The van der Waals surface area contributed by atoms with Crippen LogP contribution in [-0.2, 0) is 0 Å². The summed E-state index contributed by atoms with van der Waals surface area (Å²) in [5.41, 5.74) is 0.864. The number of hydrogen-bond acceptors (Lipinski definition) is 1. The third-order valence-corrected chi connectivity index (χ3v) is 18.3. The van der Waals surface area contributed by atoms with Crippen LogP contribution in [0.25, 0.3) is 0 Å². The van der Waals surface area contributed by atoms with E-state index >= 15 is 0 Å². The van der Waals surface area contributed by atoms with Gasteiger partial charge in [-0.15, -0.1) is 0 Å². The Hall–Kier alpha value is 0.239. The molecule has 0 saturated heterocycles. The van der Waals surface area contributed by atoms with E-state index in [4.69, 9.17) is 0 Å². The molecule has 2 heteroatoms. The van der Waals surface area contributed by atoms with Crippen LogP contribution < -0.4 is 0 Å². The molecule has 1 N–H and O–H groups in total. The fraction of sp³-hybridized carbons (Fsp3) is 0.778. The van der Waals surface area contributed by atoms with Crippen molar-refractivity contribution in [2.75, 3.05) is 0 Å². The monoisotopic (exact) mass is 388 g/mol. The molecule has 0 amide bonds. The quantitative estimate of drug-likeness (QED) is 0.328. The van der Waals surface area contributed by atoms with Crippen LogP contribution in [0.5, 0.6) is 0 Å². The zero-order chi connectivity index (χ0) is 15.4. The van der Waals surface area contributed by atoms with Crippen LogP contribution in [0, 0.1) is 0 Å². The van der Waals surface area contributed by atoms with Gasteiger partial charge in [-0.05, 0) is 0 Å². The second-order valence-electron chi connectivity index (χ2n) is 6.32. The molecule has 0 aromatic heterocycles. The van der Waals surface area contributed by atoms with Crippen molar-refractivity contribution in [1.82, 2.24) is 0 Å². The predicted molar refractivity (Wildman–Crippen MR) is 94.9 cm³/mol. The molecule has 0 aliphatic heterocycles. The first-order valence-corrected chi connectivity index (χ1v) is 16.2. The number of rotatable bonds is 12. The Balaban J connectivity index is 4.96. The zero-order valence-electron chi connectivity index (χ0n) is 14.3. The molecule has 1 atom stereocenters. The molecular weight excluding hydrogens is 351 g/mol. The van der Waals surface area contributed by atoms with E-state index in [2.05, 4.69) is 37.5 Å². The van der Waals surface area contributed by atoms with Crippen molar-refractivity contribution in [3.05, 3.63) is 22.3 Å². The van der Waals surface area contributed by atoms with E-state index in [1.54, 1.807) is 0 Å². The first-order valence-electron chi connectivity index (χ1n) is 8.54. The molecule has 0 saturated carbocycles. The second kappa shape index (κ2) is 11.9. The van der Waals surface area contributed by atoms with Crippen LogP contribution in [0.2, 0.25) is 13.3 Å². The van der Waals surface area contributed by atoms with E-state index < -0.39 is 24.5 Å². The Morgan fingerprint density at radius 2 is 1.40 bits per heavy atom. The van der Waals surface area contributed by atoms with Crippen molar-refractivity contribution < 1.29 is 5.11 Å². The summed E-state index contributed by atoms with van der Waals surface area (Å²) >= 11 is -2.19. The Morgan fingerprint density at radius 1 is 1.00 bits per heavy atom. The minimum atomic E-state index is -2.19. The van der Waals surface area contributed by atoms with Gasteiger partial charge < -0.3 is 0 Å². The predicted octanol–water partition coefficient (Wildman–Crippen LogP) is 5.87. The summed E-state index contributed by atoms with van der Waals surface area (Å²) in [7, 11) is 0. The zero-order valence-corrected chi connectivity index (χ0v) is 17.1. The summed E-state index contributed by atoms with van der Waals surface area (Å²) in [4.78, 5) is 0. The molecular formula is C18H36OSn. The first-order chi connectivity index (χ1) is 9.51. The van der Waals surface area contributed by atoms with Crippen molar-refractivity contribution in [3.8, 4) is 0 Å². The summed E-state index contributed by atoms with van der Waals surface area (Å²) in [5, 5.41) is 10.0. The standard InChI is InChI=1S/C6H9O.3C4H9.Sn/c1-4-6(7)5(2)3;3*1-3-4-2;/h1,4,6-7H,2H2,3H3;3*1,3-4H2,2H3;. The molecule has 0 spiro atoms. The number of aliphatic hydroxyl groups is 1. The number of hydrogen-bond donors (Lipinski definition) is 1. The van der Waals surface area contributed by atoms with Gasteiger partial charge in [0.05, 0.1) is 0 Å². The fourth-order valence-electron chi connectivity index (χ4n) is 2.67. The van der Waals surface area contributed by atoms with Crippen molar-refractivity contribution in [2.24, 2.45) is 0 Å². The molecule has 20 heavy (non-hydrogen) atoms. The minimum absolute atomic E-state index is 0.434. The molecule has 0 aliphatic rings. The second-order valence-corrected chi connectivity index (χ2v) is 19.3. The van der Waals surface area contributed by atoms with Gasteiger partial charge in [0.2, 0.25) is 0 Å². The van der Waals surface area contributed by atoms with Gasteiger partial charge in [-0.3, -0.25) is 0 Å². The van der Waals surface area contributed by atoms with Gasteiger partial charge in [-0.2, -0.15) is 0 Å². The number of unbranched alkanes of at least 4 members (excludes halogenated alkanes) is 3. The Kier molecular flexibility index (Phi) is 12.0. The van der Waals surface area contributed by atoms with Crippen LogP contribution in [-0.4, -0.2) is 29.6 Å². The molecule has 0 bridgehead atoms.